The molecule has 0 bridgehead atoms. The maximum absolute atomic E-state index is 5.63. The summed E-state index contributed by atoms with van der Waals surface area (Å²) in [6.45, 7) is 2.43. The molecule has 1 rings (SSSR count). The van der Waals surface area contributed by atoms with Crippen molar-refractivity contribution in [1.29, 1.82) is 0 Å². The molecule has 0 spiro atoms. The number of nitrogens with two attached hydrogens (primary N) is 1. The van der Waals surface area contributed by atoms with Crippen LogP contribution < -0.4 is 15.8 Å². The van der Waals surface area contributed by atoms with Crippen LogP contribution in [0, 0.1) is 0 Å². The second kappa shape index (κ2) is 4.92. The Bertz CT molecular complexity index is 306. The molecule has 3 N–H and O–H groups in total. The molecule has 0 saturated carbocycles. The van der Waals surface area contributed by atoms with Crippen molar-refractivity contribution in [3.63, 3.8) is 0 Å². The van der Waals surface area contributed by atoms with Crippen molar-refractivity contribution in [3.05, 3.63) is 5.28 Å². The Kier molecular flexibility index (Phi) is 3.84. The minimum Gasteiger partial charge on any atom is -0.467 e. The first-order valence-electron chi connectivity index (χ1n) is 4.07. The molecule has 0 amide bonds. The lowest BCUT2D eigenvalue weighted by Crippen LogP contribution is -2.26. The second-order valence-electron chi connectivity index (χ2n) is 2.77. The fourth-order valence-corrected chi connectivity index (χ4v) is 0.907. The van der Waals surface area contributed by atoms with Crippen LogP contribution in [-0.2, 0) is 0 Å². The van der Waals surface area contributed by atoms with Crippen LogP contribution in [-0.4, -0.2) is 34.6 Å². The molecule has 1 aromatic heterocycles. The summed E-state index contributed by atoms with van der Waals surface area (Å²) in [5.41, 5.74) is 5.55. The highest BCUT2D eigenvalue weighted by Crippen LogP contribution is 2.10. The van der Waals surface area contributed by atoms with E-state index in [1.165, 1.54) is 7.11 Å². The van der Waals surface area contributed by atoms with Gasteiger partial charge in [0.25, 0.3) is 0 Å². The number of hydrogen-bond acceptors (Lipinski definition) is 6. The molecule has 6 nitrogen and oxygen atoms in total. The number of aromatic nitrogens is 3. The summed E-state index contributed by atoms with van der Waals surface area (Å²) >= 11 is 5.63. The third kappa shape index (κ3) is 3.31. The van der Waals surface area contributed by atoms with E-state index >= 15 is 0 Å². The molecule has 1 unspecified atom stereocenters. The molecule has 1 atom stereocenters. The predicted molar refractivity (Wildman–Crippen MR) is 53.5 cm³/mol. The smallest absolute Gasteiger partial charge is 0.322 e. The fraction of sp³-hybridized carbons (Fsp3) is 0.571. The van der Waals surface area contributed by atoms with E-state index in [0.29, 0.717) is 12.5 Å². The Morgan fingerprint density at radius 2 is 2.21 bits per heavy atom. The van der Waals surface area contributed by atoms with Crippen molar-refractivity contribution in [2.24, 2.45) is 5.73 Å². The van der Waals surface area contributed by atoms with E-state index in [0.717, 1.165) is 0 Å². The first-order valence-corrected chi connectivity index (χ1v) is 4.44. The number of rotatable bonds is 4. The Balaban J connectivity index is 2.71. The quantitative estimate of drug-likeness (QED) is 0.754. The SMILES string of the molecule is COc1nc(Cl)nc(NCC(C)N)n1. The van der Waals surface area contributed by atoms with Gasteiger partial charge in [0.1, 0.15) is 0 Å². The summed E-state index contributed by atoms with van der Waals surface area (Å²) in [4.78, 5) is 11.5. The predicted octanol–water partition coefficient (Wildman–Crippen LogP) is 0.293. The normalized spacial score (nSPS) is 12.3. The van der Waals surface area contributed by atoms with Gasteiger partial charge in [-0.3, -0.25) is 0 Å². The third-order valence-corrected chi connectivity index (χ3v) is 1.52. The third-order valence-electron chi connectivity index (χ3n) is 1.35. The summed E-state index contributed by atoms with van der Waals surface area (Å²) < 4.78 is 4.82. The van der Waals surface area contributed by atoms with Crippen LogP contribution in [0.5, 0.6) is 6.01 Å². The zero-order valence-electron chi connectivity index (χ0n) is 7.99. The van der Waals surface area contributed by atoms with Crippen molar-refractivity contribution < 1.29 is 4.74 Å². The monoisotopic (exact) mass is 217 g/mol. The molecule has 0 aliphatic carbocycles. The summed E-state index contributed by atoms with van der Waals surface area (Å²) in [6.07, 6.45) is 0. The van der Waals surface area contributed by atoms with Gasteiger partial charge in [-0.1, -0.05) is 0 Å². The molecule has 0 aliphatic rings. The highest BCUT2D eigenvalue weighted by atomic mass is 35.5. The molecule has 0 aromatic carbocycles. The summed E-state index contributed by atoms with van der Waals surface area (Å²) in [6, 6.07) is 0.189. The van der Waals surface area contributed by atoms with Crippen molar-refractivity contribution in [2.45, 2.75) is 13.0 Å². The van der Waals surface area contributed by atoms with Gasteiger partial charge in [0.05, 0.1) is 7.11 Å². The molecule has 1 aromatic rings. The van der Waals surface area contributed by atoms with Gasteiger partial charge in [0.15, 0.2) is 0 Å². The zero-order valence-corrected chi connectivity index (χ0v) is 8.75. The minimum atomic E-state index is 0.0107. The standard InChI is InChI=1S/C7H12ClN5O/c1-4(9)3-10-6-11-5(8)12-7(13-6)14-2/h4H,3,9H2,1-2H3,(H,10,11,12,13). The lowest BCUT2D eigenvalue weighted by molar-refractivity contribution is 0.379. The molecule has 1 heterocycles. The van der Waals surface area contributed by atoms with E-state index in [2.05, 4.69) is 20.3 Å². The average molecular weight is 218 g/mol. The van der Waals surface area contributed by atoms with Crippen molar-refractivity contribution in [3.8, 4) is 6.01 Å². The van der Waals surface area contributed by atoms with Crippen molar-refractivity contribution >= 4 is 17.5 Å². The molecule has 0 aliphatic heterocycles. The van der Waals surface area contributed by atoms with E-state index in [1.807, 2.05) is 6.92 Å². The lowest BCUT2D eigenvalue weighted by atomic mass is 10.4. The summed E-state index contributed by atoms with van der Waals surface area (Å²) in [5.74, 6) is 0.360. The highest BCUT2D eigenvalue weighted by molar-refractivity contribution is 6.28. The summed E-state index contributed by atoms with van der Waals surface area (Å²) in [7, 11) is 1.46. The number of methoxy groups -OCH3 is 1. The number of nitrogens with zero attached hydrogens (tertiary/aromatic N) is 3. The molecule has 14 heavy (non-hydrogen) atoms. The van der Waals surface area contributed by atoms with Crippen LogP contribution in [0.3, 0.4) is 0 Å². The van der Waals surface area contributed by atoms with Crippen LogP contribution in [0.2, 0.25) is 5.28 Å². The largest absolute Gasteiger partial charge is 0.467 e. The van der Waals surface area contributed by atoms with Gasteiger partial charge in [-0.2, -0.15) is 15.0 Å². The summed E-state index contributed by atoms with van der Waals surface area (Å²) in [5, 5.41) is 3.00. The van der Waals surface area contributed by atoms with Crippen LogP contribution in [0.15, 0.2) is 0 Å². The number of nitrogens with one attached hydrogen (secondary N) is 1. The Morgan fingerprint density at radius 1 is 1.50 bits per heavy atom. The lowest BCUT2D eigenvalue weighted by Gasteiger charge is -2.07. The van der Waals surface area contributed by atoms with Gasteiger partial charge in [0.2, 0.25) is 11.2 Å². The Hall–Kier alpha value is -1.14. The maximum Gasteiger partial charge on any atom is 0.322 e. The molecular weight excluding hydrogens is 206 g/mol. The van der Waals surface area contributed by atoms with Gasteiger partial charge >= 0.3 is 6.01 Å². The fourth-order valence-electron chi connectivity index (χ4n) is 0.755. The molecule has 78 valence electrons. The molecule has 0 saturated heterocycles. The topological polar surface area (TPSA) is 86.0 Å². The van der Waals surface area contributed by atoms with Gasteiger partial charge in [-0.15, -0.1) is 0 Å². The number of ether oxygens (including phenoxy) is 1. The number of halogens is 1. The maximum atomic E-state index is 5.63. The number of hydrogen-bond donors (Lipinski definition) is 2. The molecular formula is C7H12ClN5O. The Morgan fingerprint density at radius 3 is 2.79 bits per heavy atom. The van der Waals surface area contributed by atoms with E-state index in [1.54, 1.807) is 0 Å². The van der Waals surface area contributed by atoms with Gasteiger partial charge in [-0.05, 0) is 18.5 Å². The molecule has 0 radical (unpaired) electrons. The average Bonchev–Trinajstić information content (AvgIpc) is 2.14. The first-order chi connectivity index (χ1) is 6.61. The van der Waals surface area contributed by atoms with Crippen LogP contribution in [0.25, 0.3) is 0 Å². The number of anilines is 1. The zero-order chi connectivity index (χ0) is 10.6. The van der Waals surface area contributed by atoms with E-state index in [-0.39, 0.29) is 17.3 Å². The minimum absolute atomic E-state index is 0.0107. The van der Waals surface area contributed by atoms with Crippen LogP contribution in [0.1, 0.15) is 6.92 Å². The van der Waals surface area contributed by atoms with Crippen molar-refractivity contribution in [2.75, 3.05) is 19.0 Å². The second-order valence-corrected chi connectivity index (χ2v) is 3.11. The van der Waals surface area contributed by atoms with Gasteiger partial charge in [0, 0.05) is 12.6 Å². The van der Waals surface area contributed by atoms with E-state index in [9.17, 15) is 0 Å². The molecule has 7 heteroatoms. The van der Waals surface area contributed by atoms with Crippen LogP contribution >= 0.6 is 11.6 Å². The van der Waals surface area contributed by atoms with Crippen LogP contribution in [0.4, 0.5) is 5.95 Å². The molecule has 0 fully saturated rings. The van der Waals surface area contributed by atoms with E-state index in [4.69, 9.17) is 22.1 Å². The van der Waals surface area contributed by atoms with E-state index < -0.39 is 0 Å². The first kappa shape index (κ1) is 10.9. The van der Waals surface area contributed by atoms with Gasteiger partial charge < -0.3 is 15.8 Å². The van der Waals surface area contributed by atoms with Crippen molar-refractivity contribution in [1.82, 2.24) is 15.0 Å². The van der Waals surface area contributed by atoms with Gasteiger partial charge in [-0.25, -0.2) is 0 Å². The highest BCUT2D eigenvalue weighted by Gasteiger charge is 2.04. The Labute approximate surface area is 86.9 Å².